The van der Waals surface area contributed by atoms with E-state index in [2.05, 4.69) is 19.7 Å². The number of nitrogens with zero attached hydrogens (tertiary/aromatic N) is 3. The highest BCUT2D eigenvalue weighted by Crippen LogP contribution is 2.17. The van der Waals surface area contributed by atoms with E-state index >= 15 is 0 Å². The summed E-state index contributed by atoms with van der Waals surface area (Å²) in [4.78, 5) is 9.51. The highest BCUT2D eigenvalue weighted by molar-refractivity contribution is 6.31. The van der Waals surface area contributed by atoms with Crippen molar-refractivity contribution in [2.45, 2.75) is 6.18 Å². The molecule has 1 heterocycles. The van der Waals surface area contributed by atoms with Gasteiger partial charge in [-0.3, -0.25) is 0 Å². The van der Waals surface area contributed by atoms with E-state index in [-0.39, 0.29) is 0 Å². The quantitative estimate of drug-likeness (QED) is 0.806. The minimum atomic E-state index is -5.24. The molecule has 0 saturated heterocycles. The second-order valence-corrected chi connectivity index (χ2v) is 2.53. The fraction of sp³-hybridized carbons (Fsp3) is 0.400. The van der Waals surface area contributed by atoms with E-state index in [9.17, 15) is 13.2 Å². The first kappa shape index (κ1) is 8.49. The molecule has 78 valence electrons. The lowest BCUT2D eigenvalue weighted by atomic mass is 10.7. The van der Waals surface area contributed by atoms with Crippen molar-refractivity contribution in [1.29, 1.82) is 0 Å². The molecule has 0 spiro atoms. The largest absolute Gasteiger partial charge is 0.454 e. The fourth-order valence-electron chi connectivity index (χ4n) is 0.458. The maximum Gasteiger partial charge on any atom is 0.422 e. The Morgan fingerprint density at radius 1 is 1.21 bits per heavy atom. The summed E-state index contributed by atoms with van der Waals surface area (Å²) in [5.74, 6) is 0. The zero-order chi connectivity index (χ0) is 12.6. The Labute approximate surface area is 88.8 Å². The Morgan fingerprint density at radius 3 is 2.14 bits per heavy atom. The van der Waals surface area contributed by atoms with Crippen LogP contribution in [0.2, 0.25) is 10.6 Å². The van der Waals surface area contributed by atoms with Crippen molar-refractivity contribution >= 4 is 23.2 Å². The summed E-state index contributed by atoms with van der Waals surface area (Å²) in [6.45, 7) is -3.94. The SMILES string of the molecule is [2H]C([2H])(Oc1nc(Cl)nc(Cl)n1)C(F)(F)F. The van der Waals surface area contributed by atoms with Crippen molar-refractivity contribution in [3.05, 3.63) is 10.6 Å². The van der Waals surface area contributed by atoms with E-state index in [1.807, 2.05) is 0 Å². The van der Waals surface area contributed by atoms with Gasteiger partial charge in [-0.05, 0) is 23.2 Å². The average Bonchev–Trinajstić information content (AvgIpc) is 1.97. The molecule has 9 heteroatoms. The lowest BCUT2D eigenvalue weighted by Gasteiger charge is -2.06. The third kappa shape index (κ3) is 3.93. The third-order valence-corrected chi connectivity index (χ3v) is 1.16. The molecular weight excluding hydrogens is 246 g/mol. The van der Waals surface area contributed by atoms with Gasteiger partial charge in [0.25, 0.3) is 0 Å². The lowest BCUT2D eigenvalue weighted by molar-refractivity contribution is -0.154. The number of rotatable bonds is 2. The Bertz CT molecular complexity index is 383. The van der Waals surface area contributed by atoms with E-state index < -0.39 is 29.3 Å². The van der Waals surface area contributed by atoms with Crippen molar-refractivity contribution < 1.29 is 20.6 Å². The molecule has 1 aromatic heterocycles. The minimum Gasteiger partial charge on any atom is -0.454 e. The van der Waals surface area contributed by atoms with Gasteiger partial charge in [-0.1, -0.05) is 0 Å². The Hall–Kier alpha value is -0.820. The van der Waals surface area contributed by atoms with Crippen LogP contribution in [0.4, 0.5) is 13.2 Å². The summed E-state index contributed by atoms with van der Waals surface area (Å²) < 4.78 is 53.3. The molecule has 0 aliphatic rings. The molecule has 0 radical (unpaired) electrons. The van der Waals surface area contributed by atoms with Crippen LogP contribution in [0.15, 0.2) is 0 Å². The number of alkyl halides is 3. The highest BCUT2D eigenvalue weighted by atomic mass is 35.5. The first-order chi connectivity index (χ1) is 7.12. The Kier molecular flexibility index (Phi) is 2.51. The molecular formula is C5H2Cl2F3N3O. The van der Waals surface area contributed by atoms with Crippen LogP contribution in [0.3, 0.4) is 0 Å². The molecule has 4 nitrogen and oxygen atoms in total. The first-order valence-electron chi connectivity index (χ1n) is 3.94. The van der Waals surface area contributed by atoms with E-state index in [0.29, 0.717) is 0 Å². The topological polar surface area (TPSA) is 47.9 Å². The summed E-state index contributed by atoms with van der Waals surface area (Å²) >= 11 is 10.5. The number of aromatic nitrogens is 3. The van der Waals surface area contributed by atoms with Gasteiger partial charge in [0, 0.05) is 0 Å². The molecule has 0 saturated carbocycles. The predicted molar refractivity (Wildman–Crippen MR) is 41.4 cm³/mol. The highest BCUT2D eigenvalue weighted by Gasteiger charge is 2.29. The maximum absolute atomic E-state index is 12.1. The summed E-state index contributed by atoms with van der Waals surface area (Å²) in [6.07, 6.45) is -5.24. The molecule has 0 aliphatic heterocycles. The van der Waals surface area contributed by atoms with E-state index in [1.54, 1.807) is 0 Å². The van der Waals surface area contributed by atoms with Crippen molar-refractivity contribution in [2.75, 3.05) is 6.56 Å². The van der Waals surface area contributed by atoms with Crippen molar-refractivity contribution in [3.63, 3.8) is 0 Å². The lowest BCUT2D eigenvalue weighted by Crippen LogP contribution is -2.20. The van der Waals surface area contributed by atoms with Crippen LogP contribution in [0, 0.1) is 0 Å². The van der Waals surface area contributed by atoms with Crippen LogP contribution in [-0.4, -0.2) is 27.7 Å². The van der Waals surface area contributed by atoms with Gasteiger partial charge in [0.2, 0.25) is 10.6 Å². The van der Waals surface area contributed by atoms with Crippen molar-refractivity contribution in [2.24, 2.45) is 0 Å². The predicted octanol–water partition coefficient (Wildman–Crippen LogP) is 2.12. The van der Waals surface area contributed by atoms with Gasteiger partial charge in [-0.2, -0.15) is 28.1 Å². The molecule has 1 aromatic rings. The van der Waals surface area contributed by atoms with E-state index in [4.69, 9.17) is 25.9 Å². The van der Waals surface area contributed by atoms with Gasteiger partial charge >= 0.3 is 12.2 Å². The van der Waals surface area contributed by atoms with Crippen LogP contribution in [-0.2, 0) is 0 Å². The molecule has 0 aromatic carbocycles. The van der Waals surface area contributed by atoms with Crippen LogP contribution in [0.25, 0.3) is 0 Å². The summed E-state index contributed by atoms with van der Waals surface area (Å²) in [7, 11) is 0. The molecule has 0 N–H and O–H groups in total. The van der Waals surface area contributed by atoms with Crippen molar-refractivity contribution in [1.82, 2.24) is 15.0 Å². The number of halogens is 5. The van der Waals surface area contributed by atoms with Gasteiger partial charge in [0.05, 0.1) is 2.74 Å². The zero-order valence-electron chi connectivity index (χ0n) is 8.14. The second-order valence-electron chi connectivity index (χ2n) is 1.86. The van der Waals surface area contributed by atoms with E-state index in [0.717, 1.165) is 0 Å². The third-order valence-electron chi connectivity index (χ3n) is 0.818. The molecule has 0 fully saturated rings. The number of hydrogen-bond acceptors (Lipinski definition) is 4. The minimum absolute atomic E-state index is 0.507. The van der Waals surface area contributed by atoms with Gasteiger partial charge in [0.15, 0.2) is 6.56 Å². The Balaban J connectivity index is 2.96. The van der Waals surface area contributed by atoms with E-state index in [1.165, 1.54) is 0 Å². The number of ether oxygens (including phenoxy) is 1. The van der Waals surface area contributed by atoms with Gasteiger partial charge in [-0.25, -0.2) is 0 Å². The molecule has 0 amide bonds. The van der Waals surface area contributed by atoms with Gasteiger partial charge < -0.3 is 4.74 Å². The molecule has 0 unspecified atom stereocenters. The van der Waals surface area contributed by atoms with Crippen LogP contribution < -0.4 is 4.74 Å². The Morgan fingerprint density at radius 2 is 1.71 bits per heavy atom. The molecule has 14 heavy (non-hydrogen) atoms. The first-order valence-corrected chi connectivity index (χ1v) is 3.70. The second kappa shape index (κ2) is 4.14. The van der Waals surface area contributed by atoms with Gasteiger partial charge in [0.1, 0.15) is 0 Å². The molecule has 0 atom stereocenters. The maximum atomic E-state index is 12.1. The fourth-order valence-corrected chi connectivity index (χ4v) is 0.806. The monoisotopic (exact) mass is 249 g/mol. The van der Waals surface area contributed by atoms with Crippen LogP contribution in [0.1, 0.15) is 2.74 Å². The van der Waals surface area contributed by atoms with Crippen LogP contribution in [0.5, 0.6) is 6.01 Å². The average molecular weight is 250 g/mol. The summed E-state index contributed by atoms with van der Waals surface area (Å²) in [6, 6.07) is -0.952. The smallest absolute Gasteiger partial charge is 0.422 e. The van der Waals surface area contributed by atoms with Crippen molar-refractivity contribution in [3.8, 4) is 6.01 Å². The normalized spacial score (nSPS) is 14.6. The standard InChI is InChI=1S/C5H2Cl2F3N3O/c6-2-11-3(7)13-4(12-2)14-1-5(8,9)10/h1H2/i1D2. The summed E-state index contributed by atoms with van der Waals surface area (Å²) in [5.41, 5.74) is 0. The molecule has 1 rings (SSSR count). The summed E-state index contributed by atoms with van der Waals surface area (Å²) in [5, 5.41) is -1.01. The zero-order valence-corrected chi connectivity index (χ0v) is 7.65. The van der Waals surface area contributed by atoms with Gasteiger partial charge in [-0.15, -0.1) is 0 Å². The number of hydrogen-bond donors (Lipinski definition) is 0. The molecule has 0 bridgehead atoms. The van der Waals surface area contributed by atoms with Crippen LogP contribution >= 0.6 is 23.2 Å². The molecule has 0 aliphatic carbocycles.